The summed E-state index contributed by atoms with van der Waals surface area (Å²) in [7, 11) is 1.42. The molecule has 18 heteroatoms. The summed E-state index contributed by atoms with van der Waals surface area (Å²) in [6, 6.07) is 6.25. The molecule has 1 unspecified atom stereocenters. The van der Waals surface area contributed by atoms with Crippen LogP contribution in [0.3, 0.4) is 0 Å². The van der Waals surface area contributed by atoms with E-state index in [0.29, 0.717) is 70.0 Å². The molecule has 0 radical (unpaired) electrons. The first-order chi connectivity index (χ1) is 30.4. The highest BCUT2D eigenvalue weighted by molar-refractivity contribution is 7.17. The van der Waals surface area contributed by atoms with Gasteiger partial charge < -0.3 is 31.0 Å². The second kappa shape index (κ2) is 23.8. The number of hydrogen-bond donors (Lipinski definition) is 4. The molecule has 0 bridgehead atoms. The number of halogens is 1. The highest BCUT2D eigenvalue weighted by Gasteiger charge is 2.46. The van der Waals surface area contributed by atoms with Gasteiger partial charge >= 0.3 is 0 Å². The summed E-state index contributed by atoms with van der Waals surface area (Å²) in [4.78, 5) is 96.6. The van der Waals surface area contributed by atoms with Crippen LogP contribution in [0.4, 0.5) is 22.5 Å². The number of carbonyl (C=O) groups excluding carboxylic acids is 6. The van der Waals surface area contributed by atoms with Gasteiger partial charge in [0.15, 0.2) is 5.13 Å². The van der Waals surface area contributed by atoms with E-state index < -0.39 is 23.8 Å². The molecule has 0 aliphatic carbocycles. The van der Waals surface area contributed by atoms with Gasteiger partial charge in [-0.25, -0.2) is 15.0 Å². The van der Waals surface area contributed by atoms with Gasteiger partial charge in [-0.3, -0.25) is 33.8 Å². The minimum atomic E-state index is -1.13. The maximum absolute atomic E-state index is 13.7. The standard InChI is InChI=1S/C45H59ClN10O6S/c1-6-16-31-39(44(62)56(43(31)61)34(19-15-26-57)41(59)47-5)33(7-2)51-38(58)20-12-10-8-9-11-13-21-54-22-24-55(25-23-54)37-27-36(49-30(4)50-37)52-45-48-28-35(63-45)42(60)53-40-29(3)17-14-18-32(40)46/h14,16-18,26-28,34H,6-13,15,19-25H2,1-5H3,(H,47,59)(H,51,58)(H,53,60)(H,48,49,50,52)/b31-16+,39-33-. The van der Waals surface area contributed by atoms with E-state index in [4.69, 9.17) is 16.6 Å². The molecule has 5 rings (SSSR count). The molecule has 2 aromatic heterocycles. The Kier molecular flexibility index (Phi) is 18.3. The van der Waals surface area contributed by atoms with Crippen molar-refractivity contribution in [1.29, 1.82) is 0 Å². The van der Waals surface area contributed by atoms with Crippen molar-refractivity contribution in [3.8, 4) is 0 Å². The van der Waals surface area contributed by atoms with Crippen LogP contribution in [0, 0.1) is 13.8 Å². The van der Waals surface area contributed by atoms with Crippen LogP contribution in [0.25, 0.3) is 0 Å². The number of carbonyl (C=O) groups is 6. The van der Waals surface area contributed by atoms with Crippen molar-refractivity contribution < 1.29 is 28.8 Å². The predicted molar refractivity (Wildman–Crippen MR) is 246 cm³/mol. The maximum Gasteiger partial charge on any atom is 0.267 e. The van der Waals surface area contributed by atoms with Crippen LogP contribution in [0.5, 0.6) is 0 Å². The molecule has 0 saturated carbocycles. The van der Waals surface area contributed by atoms with E-state index >= 15 is 0 Å². The third-order valence-electron chi connectivity index (χ3n) is 11.0. The molecule has 16 nitrogen and oxygen atoms in total. The zero-order valence-corrected chi connectivity index (χ0v) is 38.4. The summed E-state index contributed by atoms with van der Waals surface area (Å²) in [6.07, 6.45) is 10.8. The van der Waals surface area contributed by atoms with Gasteiger partial charge in [-0.2, -0.15) is 0 Å². The Morgan fingerprint density at radius 1 is 0.968 bits per heavy atom. The molecule has 2 fully saturated rings. The van der Waals surface area contributed by atoms with Gasteiger partial charge in [0, 0.05) is 57.8 Å². The Balaban J connectivity index is 1.01. The van der Waals surface area contributed by atoms with Crippen molar-refractivity contribution in [1.82, 2.24) is 35.4 Å². The number of hydrogen-bond acceptors (Lipinski definition) is 13. The number of anilines is 4. The van der Waals surface area contributed by atoms with Crippen LogP contribution in [-0.4, -0.2) is 106 Å². The van der Waals surface area contributed by atoms with Crippen molar-refractivity contribution >= 4 is 81.2 Å². The smallest absolute Gasteiger partial charge is 0.267 e. The number of imide groups is 1. The average molecular weight is 904 g/mol. The molecule has 2 aliphatic rings. The summed E-state index contributed by atoms with van der Waals surface area (Å²) in [5, 5.41) is 12.5. The Bertz CT molecular complexity index is 2180. The molecule has 2 saturated heterocycles. The fourth-order valence-electron chi connectivity index (χ4n) is 7.68. The van der Waals surface area contributed by atoms with Gasteiger partial charge in [0.1, 0.15) is 34.7 Å². The number of thiazole rings is 1. The summed E-state index contributed by atoms with van der Waals surface area (Å²) < 4.78 is 0. The monoisotopic (exact) mass is 902 g/mol. The quantitative estimate of drug-likeness (QED) is 0.0364. The normalized spacial score (nSPS) is 16.3. The number of rotatable bonds is 22. The molecule has 2 aliphatic heterocycles. The molecule has 3 aromatic rings. The number of nitrogens with one attached hydrogen (secondary N) is 4. The molecule has 4 N–H and O–H groups in total. The van der Waals surface area contributed by atoms with Crippen molar-refractivity contribution in [3.63, 3.8) is 0 Å². The molecular formula is C45H59ClN10O6S. The minimum absolute atomic E-state index is 0.0122. The van der Waals surface area contributed by atoms with E-state index in [0.717, 1.165) is 81.1 Å². The molecule has 1 aromatic carbocycles. The molecule has 0 spiro atoms. The van der Waals surface area contributed by atoms with Crippen LogP contribution < -0.4 is 26.2 Å². The summed E-state index contributed by atoms with van der Waals surface area (Å²) in [6.45, 7) is 11.9. The van der Waals surface area contributed by atoms with Gasteiger partial charge in [0.25, 0.3) is 17.7 Å². The molecule has 5 amide bonds. The van der Waals surface area contributed by atoms with E-state index in [1.807, 2.05) is 39.0 Å². The zero-order chi connectivity index (χ0) is 45.5. The van der Waals surface area contributed by atoms with Gasteiger partial charge in [-0.15, -0.1) is 0 Å². The van der Waals surface area contributed by atoms with Crippen molar-refractivity contribution in [2.45, 2.75) is 104 Å². The second-order valence-electron chi connectivity index (χ2n) is 15.5. The minimum Gasteiger partial charge on any atom is -0.357 e. The van der Waals surface area contributed by atoms with E-state index in [1.54, 1.807) is 19.1 Å². The Morgan fingerprint density at radius 2 is 1.70 bits per heavy atom. The first-order valence-corrected chi connectivity index (χ1v) is 23.0. The maximum atomic E-state index is 13.7. The first kappa shape index (κ1) is 48.5. The van der Waals surface area contributed by atoms with Crippen molar-refractivity contribution in [3.05, 3.63) is 74.7 Å². The number of aryl methyl sites for hydroxylation is 2. The fraction of sp³-hybridized carbons (Fsp3) is 0.489. The van der Waals surface area contributed by atoms with E-state index in [9.17, 15) is 28.8 Å². The van der Waals surface area contributed by atoms with Crippen LogP contribution in [-0.2, 0) is 24.0 Å². The number of amides is 5. The topological polar surface area (TPSA) is 199 Å². The Hall–Kier alpha value is -5.52. The third kappa shape index (κ3) is 13.0. The number of likely N-dealkylation sites (tertiary alicyclic amines) is 1. The zero-order valence-electron chi connectivity index (χ0n) is 36.9. The van der Waals surface area contributed by atoms with Crippen LogP contribution in [0.15, 0.2) is 53.4 Å². The van der Waals surface area contributed by atoms with Gasteiger partial charge in [-0.05, 0) is 64.1 Å². The summed E-state index contributed by atoms with van der Waals surface area (Å²) in [5.41, 5.74) is 2.09. The predicted octanol–water partition coefficient (Wildman–Crippen LogP) is 6.63. The van der Waals surface area contributed by atoms with E-state index in [-0.39, 0.29) is 35.8 Å². The number of unbranched alkanes of at least 4 members (excludes halogenated alkanes) is 5. The number of piperazine rings is 1. The molecule has 63 heavy (non-hydrogen) atoms. The van der Waals surface area contributed by atoms with Crippen LogP contribution in [0.2, 0.25) is 5.02 Å². The number of para-hydroxylation sites is 1. The number of aromatic nitrogens is 3. The number of nitrogens with zero attached hydrogens (tertiary/aromatic N) is 6. The third-order valence-corrected chi connectivity index (χ3v) is 12.2. The highest BCUT2D eigenvalue weighted by atomic mass is 35.5. The van der Waals surface area contributed by atoms with Crippen molar-refractivity contribution in [2.24, 2.45) is 0 Å². The van der Waals surface area contributed by atoms with E-state index in [1.165, 1.54) is 24.6 Å². The van der Waals surface area contributed by atoms with Crippen LogP contribution in [0.1, 0.15) is 106 Å². The van der Waals surface area contributed by atoms with Gasteiger partial charge in [-0.1, -0.05) is 80.7 Å². The number of benzene rings is 1. The largest absolute Gasteiger partial charge is 0.357 e. The van der Waals surface area contributed by atoms with Gasteiger partial charge in [0.2, 0.25) is 11.8 Å². The fourth-order valence-corrected chi connectivity index (χ4v) is 8.67. The average Bonchev–Trinajstić information content (AvgIpc) is 3.83. The lowest BCUT2D eigenvalue weighted by atomic mass is 10.0. The number of likely N-dealkylation sites (N-methyl/N-ethyl adjacent to an activating group) is 1. The first-order valence-electron chi connectivity index (χ1n) is 21.8. The molecule has 1 atom stereocenters. The molecule has 4 heterocycles. The van der Waals surface area contributed by atoms with E-state index in [2.05, 4.69) is 41.0 Å². The van der Waals surface area contributed by atoms with Gasteiger partial charge in [0.05, 0.1) is 28.1 Å². The Labute approximate surface area is 378 Å². The molecule has 338 valence electrons. The van der Waals surface area contributed by atoms with Crippen molar-refractivity contribution in [2.75, 3.05) is 55.3 Å². The lowest BCUT2D eigenvalue weighted by Crippen LogP contribution is -2.48. The number of aldehydes is 1. The summed E-state index contributed by atoms with van der Waals surface area (Å²) in [5.74, 6) is -0.192. The van der Waals surface area contributed by atoms with Crippen LogP contribution >= 0.6 is 22.9 Å². The molecular weight excluding hydrogens is 844 g/mol. The second-order valence-corrected chi connectivity index (χ2v) is 17.0. The Morgan fingerprint density at radius 3 is 2.38 bits per heavy atom. The number of allylic oxidation sites excluding steroid dienone is 2. The summed E-state index contributed by atoms with van der Waals surface area (Å²) >= 11 is 7.53. The highest BCUT2D eigenvalue weighted by Crippen LogP contribution is 2.32. The lowest BCUT2D eigenvalue weighted by molar-refractivity contribution is -0.145. The lowest BCUT2D eigenvalue weighted by Gasteiger charge is -2.35. The SMILES string of the molecule is CC/C=C1/C(=O)N(C(CCC=O)C(=O)NC)C(=O)/C1=C(/CC)NC(=O)CCCCCCCCN1CCN(c2cc(Nc3ncc(C(=O)Nc4c(C)cccc4Cl)s3)nc(C)n2)CC1.